The van der Waals surface area contributed by atoms with Crippen LogP contribution in [-0.2, 0) is 5.41 Å². The Morgan fingerprint density at radius 3 is 2.50 bits per heavy atom. The van der Waals surface area contributed by atoms with E-state index in [-0.39, 0.29) is 5.56 Å². The number of benzene rings is 1. The summed E-state index contributed by atoms with van der Waals surface area (Å²) in [4.78, 5) is 22.6. The van der Waals surface area contributed by atoms with Crippen LogP contribution in [0.3, 0.4) is 0 Å². The third-order valence-electron chi connectivity index (χ3n) is 8.48. The predicted molar refractivity (Wildman–Crippen MR) is 147 cm³/mol. The van der Waals surface area contributed by atoms with Crippen molar-refractivity contribution in [2.24, 2.45) is 5.92 Å². The highest BCUT2D eigenvalue weighted by Gasteiger charge is 2.38. The van der Waals surface area contributed by atoms with Crippen molar-refractivity contribution in [1.82, 2.24) is 14.5 Å². The minimum absolute atomic E-state index is 0.299. The Labute approximate surface area is 218 Å². The number of allylic oxidation sites excluding steroid dienone is 1. The quantitative estimate of drug-likeness (QED) is 0.688. The highest BCUT2D eigenvalue weighted by molar-refractivity contribution is 6.44. The molecule has 1 aromatic carbocycles. The average Bonchev–Trinajstić information content (AvgIpc) is 3.10. The molecule has 192 valence electrons. The summed E-state index contributed by atoms with van der Waals surface area (Å²) in [5, 5.41) is 11.1. The van der Waals surface area contributed by atoms with Crippen LogP contribution >= 0.6 is 11.6 Å². The molecule has 6 nitrogen and oxygen atoms in total. The Balaban J connectivity index is 1.47. The van der Waals surface area contributed by atoms with Gasteiger partial charge in [-0.25, -0.2) is 0 Å². The van der Waals surface area contributed by atoms with E-state index < -0.39 is 5.41 Å². The molecule has 36 heavy (non-hydrogen) atoms. The van der Waals surface area contributed by atoms with Gasteiger partial charge in [0.2, 0.25) is 0 Å². The molecule has 0 bridgehead atoms. The van der Waals surface area contributed by atoms with Gasteiger partial charge in [-0.2, -0.15) is 4.98 Å². The van der Waals surface area contributed by atoms with Crippen molar-refractivity contribution in [2.45, 2.75) is 57.9 Å². The standard InChI is InChI=1S/C29H37ClN4O2/c1-5-6-24-26(19(2)30)27(36)31-28-29(3,4)23-12-11-22(17-25(23)34(24)28)33-15-13-32(14-16-33)21-9-7-20(18-35)8-10-21/h5-6,11-12,17,20-21,35H,1,7-10,13-16,18H2,2-4H3/b24-6+,26-19-. The van der Waals surface area contributed by atoms with Gasteiger partial charge in [-0.3, -0.25) is 14.3 Å². The summed E-state index contributed by atoms with van der Waals surface area (Å²) in [6.07, 6.45) is 8.24. The lowest BCUT2D eigenvalue weighted by molar-refractivity contribution is 0.106. The second-order valence-corrected chi connectivity index (χ2v) is 11.5. The van der Waals surface area contributed by atoms with E-state index in [1.165, 1.54) is 18.5 Å². The molecular weight excluding hydrogens is 472 g/mol. The van der Waals surface area contributed by atoms with E-state index in [0.717, 1.165) is 61.4 Å². The van der Waals surface area contributed by atoms with Crippen LogP contribution in [0.2, 0.25) is 0 Å². The first kappa shape index (κ1) is 25.2. The largest absolute Gasteiger partial charge is 0.396 e. The topological polar surface area (TPSA) is 61.6 Å². The number of hydrogen-bond acceptors (Lipinski definition) is 5. The molecule has 3 heterocycles. The molecule has 1 saturated heterocycles. The molecule has 1 saturated carbocycles. The fraction of sp³-hybridized carbons (Fsp3) is 0.517. The van der Waals surface area contributed by atoms with Crippen molar-refractivity contribution in [2.75, 3.05) is 37.7 Å². The Bertz CT molecular complexity index is 1340. The summed E-state index contributed by atoms with van der Waals surface area (Å²) < 4.78 is 2.10. The molecule has 5 rings (SSSR count). The highest BCUT2D eigenvalue weighted by Crippen LogP contribution is 2.41. The average molecular weight is 509 g/mol. The van der Waals surface area contributed by atoms with E-state index in [9.17, 15) is 9.90 Å². The van der Waals surface area contributed by atoms with Crippen LogP contribution in [0.1, 0.15) is 57.8 Å². The summed E-state index contributed by atoms with van der Waals surface area (Å²) in [6, 6.07) is 7.30. The Morgan fingerprint density at radius 2 is 1.89 bits per heavy atom. The molecule has 2 fully saturated rings. The smallest absolute Gasteiger partial charge is 0.282 e. The van der Waals surface area contributed by atoms with E-state index in [1.807, 2.05) is 6.08 Å². The van der Waals surface area contributed by atoms with Gasteiger partial charge in [0.15, 0.2) is 0 Å². The van der Waals surface area contributed by atoms with Gasteiger partial charge >= 0.3 is 0 Å². The molecule has 7 heteroatoms. The Hall–Kier alpha value is -2.41. The van der Waals surface area contributed by atoms with Gasteiger partial charge in [-0.05, 0) is 76.1 Å². The Kier molecular flexibility index (Phi) is 6.88. The fourth-order valence-electron chi connectivity index (χ4n) is 6.38. The van der Waals surface area contributed by atoms with Gasteiger partial charge < -0.3 is 10.0 Å². The van der Waals surface area contributed by atoms with E-state index in [0.29, 0.717) is 28.8 Å². The van der Waals surface area contributed by atoms with Gasteiger partial charge in [0, 0.05) is 49.5 Å². The SMILES string of the molecule is C=C/C=c1\c(=C(/C)Cl)c(=O)nc2n1-c1cc(N3CCN(C4CCC(CO)CC4)CC3)ccc1C2(C)C. The van der Waals surface area contributed by atoms with Crippen molar-refractivity contribution >= 4 is 28.4 Å². The van der Waals surface area contributed by atoms with Crippen LogP contribution in [0.25, 0.3) is 16.8 Å². The summed E-state index contributed by atoms with van der Waals surface area (Å²) in [5.74, 6) is 1.23. The maximum atomic E-state index is 13.0. The van der Waals surface area contributed by atoms with Crippen LogP contribution in [0.5, 0.6) is 0 Å². The third kappa shape index (κ3) is 4.23. The first-order valence-electron chi connectivity index (χ1n) is 13.1. The first-order chi connectivity index (χ1) is 17.3. The minimum atomic E-state index is -0.401. The number of halogens is 1. The van der Waals surface area contributed by atoms with Gasteiger partial charge in [0.1, 0.15) is 5.82 Å². The molecule has 0 radical (unpaired) electrons. The van der Waals surface area contributed by atoms with Crippen molar-refractivity contribution in [3.63, 3.8) is 0 Å². The fourth-order valence-corrected chi connectivity index (χ4v) is 6.56. The third-order valence-corrected chi connectivity index (χ3v) is 8.66. The molecule has 1 aliphatic carbocycles. The van der Waals surface area contributed by atoms with E-state index >= 15 is 0 Å². The zero-order chi connectivity index (χ0) is 25.6. The molecule has 0 atom stereocenters. The minimum Gasteiger partial charge on any atom is -0.396 e. The summed E-state index contributed by atoms with van der Waals surface area (Å²) >= 11 is 6.38. The lowest BCUT2D eigenvalue weighted by Crippen LogP contribution is -2.51. The maximum Gasteiger partial charge on any atom is 0.282 e. The van der Waals surface area contributed by atoms with Gasteiger partial charge in [0.25, 0.3) is 5.56 Å². The van der Waals surface area contributed by atoms with Gasteiger partial charge in [0.05, 0.1) is 21.7 Å². The molecular formula is C29H37ClN4O2. The number of fused-ring (bicyclic) bond motifs is 3. The van der Waals surface area contributed by atoms with Crippen molar-refractivity contribution < 1.29 is 5.11 Å². The summed E-state index contributed by atoms with van der Waals surface area (Å²) in [6.45, 7) is 14.3. The van der Waals surface area contributed by atoms with Crippen molar-refractivity contribution in [3.8, 4) is 5.69 Å². The zero-order valence-corrected chi connectivity index (χ0v) is 22.4. The molecule has 1 N–H and O–H groups in total. The van der Waals surface area contributed by atoms with Crippen LogP contribution in [0.15, 0.2) is 35.6 Å². The van der Waals surface area contributed by atoms with E-state index in [2.05, 4.69) is 58.0 Å². The van der Waals surface area contributed by atoms with Crippen LogP contribution in [0, 0.1) is 5.92 Å². The number of aromatic nitrogens is 2. The van der Waals surface area contributed by atoms with Gasteiger partial charge in [-0.15, -0.1) is 0 Å². The molecule has 2 aromatic rings. The summed E-state index contributed by atoms with van der Waals surface area (Å²) in [5.41, 5.74) is 2.70. The first-order valence-corrected chi connectivity index (χ1v) is 13.5. The molecule has 2 aliphatic heterocycles. The Morgan fingerprint density at radius 1 is 1.19 bits per heavy atom. The second kappa shape index (κ2) is 9.81. The maximum absolute atomic E-state index is 13.0. The second-order valence-electron chi connectivity index (χ2n) is 11.0. The predicted octanol–water partition coefficient (Wildman–Crippen LogP) is 2.88. The number of aliphatic hydroxyl groups is 1. The molecule has 3 aliphatic rings. The van der Waals surface area contributed by atoms with Crippen LogP contribution in [-0.4, -0.2) is 58.4 Å². The van der Waals surface area contributed by atoms with Gasteiger partial charge in [-0.1, -0.05) is 30.3 Å². The zero-order valence-electron chi connectivity index (χ0n) is 21.6. The lowest BCUT2D eigenvalue weighted by Gasteiger charge is -2.42. The highest BCUT2D eigenvalue weighted by atomic mass is 35.5. The monoisotopic (exact) mass is 508 g/mol. The van der Waals surface area contributed by atoms with Crippen molar-refractivity contribution in [1.29, 1.82) is 0 Å². The van der Waals surface area contributed by atoms with Crippen LogP contribution < -0.4 is 21.0 Å². The molecule has 0 spiro atoms. The number of rotatable bonds is 4. The number of anilines is 1. The van der Waals surface area contributed by atoms with Crippen molar-refractivity contribution in [3.05, 3.63) is 63.2 Å². The van der Waals surface area contributed by atoms with E-state index in [1.54, 1.807) is 13.0 Å². The molecule has 0 amide bonds. The molecule has 1 aromatic heterocycles. The lowest BCUT2D eigenvalue weighted by atomic mass is 9.85. The van der Waals surface area contributed by atoms with E-state index in [4.69, 9.17) is 11.6 Å². The number of hydrogen-bond donors (Lipinski definition) is 1. The number of nitrogens with zero attached hydrogens (tertiary/aromatic N) is 4. The molecule has 0 unspecified atom stereocenters. The summed E-state index contributed by atoms with van der Waals surface area (Å²) in [7, 11) is 0. The number of aliphatic hydroxyl groups excluding tert-OH is 1. The number of piperazine rings is 1. The van der Waals surface area contributed by atoms with Crippen LogP contribution in [0.4, 0.5) is 5.69 Å². The normalized spacial score (nSPS) is 24.9.